The van der Waals surface area contributed by atoms with Crippen molar-refractivity contribution in [1.29, 1.82) is 0 Å². The molecule has 1 atom stereocenters. The molecular formula is C29H36N4O. The normalized spacial score (nSPS) is 15.1. The van der Waals surface area contributed by atoms with E-state index in [0.717, 1.165) is 32.6 Å². The quantitative estimate of drug-likeness (QED) is 0.519. The van der Waals surface area contributed by atoms with Gasteiger partial charge in [-0.1, -0.05) is 60.7 Å². The topological polar surface area (TPSA) is 38.8 Å². The molecule has 1 N–H and O–H groups in total. The van der Waals surface area contributed by atoms with E-state index < -0.39 is 0 Å². The number of carbonyl (C=O) groups excluding carboxylic acids is 1. The van der Waals surface area contributed by atoms with E-state index >= 15 is 0 Å². The van der Waals surface area contributed by atoms with Gasteiger partial charge in [0.2, 0.25) is 5.91 Å². The molecule has 0 saturated carbocycles. The van der Waals surface area contributed by atoms with Crippen LogP contribution in [0.5, 0.6) is 0 Å². The molecule has 0 unspecified atom stereocenters. The molecule has 1 aliphatic heterocycles. The summed E-state index contributed by atoms with van der Waals surface area (Å²) in [5.74, 6) is 0.113. The Morgan fingerprint density at radius 3 is 2.09 bits per heavy atom. The van der Waals surface area contributed by atoms with Crippen molar-refractivity contribution in [3.8, 4) is 0 Å². The van der Waals surface area contributed by atoms with Crippen molar-refractivity contribution in [3.63, 3.8) is 0 Å². The molecule has 1 heterocycles. The van der Waals surface area contributed by atoms with E-state index in [2.05, 4.69) is 101 Å². The molecule has 0 bridgehead atoms. The standard InChI is InChI=1S/C29H36N4O/c1-31(2)26-16-14-25(15-17-26)28(23-30-29(34)18-13-24-9-5-3-6-10-24)33-21-19-32(20-22-33)27-11-7-4-8-12-27/h3-12,14-17,28H,13,18-23H2,1-2H3,(H,30,34)/t28-/m0/s1. The first kappa shape index (κ1) is 23.8. The minimum atomic E-state index is 0.113. The van der Waals surface area contributed by atoms with Crippen molar-refractivity contribution in [2.45, 2.75) is 18.9 Å². The Labute approximate surface area is 204 Å². The highest BCUT2D eigenvalue weighted by atomic mass is 16.1. The summed E-state index contributed by atoms with van der Waals surface area (Å²) in [4.78, 5) is 19.7. The zero-order chi connectivity index (χ0) is 23.8. The van der Waals surface area contributed by atoms with Crippen molar-refractivity contribution in [1.82, 2.24) is 10.2 Å². The maximum absolute atomic E-state index is 12.7. The van der Waals surface area contributed by atoms with Gasteiger partial charge in [-0.05, 0) is 41.8 Å². The van der Waals surface area contributed by atoms with Gasteiger partial charge in [-0.25, -0.2) is 0 Å². The number of para-hydroxylation sites is 1. The molecule has 4 rings (SSSR count). The second-order valence-corrected chi connectivity index (χ2v) is 9.15. The van der Waals surface area contributed by atoms with Crippen LogP contribution in [0.25, 0.3) is 0 Å². The highest BCUT2D eigenvalue weighted by molar-refractivity contribution is 5.76. The molecule has 0 aliphatic carbocycles. The fourth-order valence-corrected chi connectivity index (χ4v) is 4.58. The van der Waals surface area contributed by atoms with Crippen LogP contribution in [0.4, 0.5) is 11.4 Å². The molecule has 5 nitrogen and oxygen atoms in total. The number of rotatable bonds is 9. The molecule has 0 aromatic heterocycles. The number of nitrogens with zero attached hydrogens (tertiary/aromatic N) is 3. The number of amides is 1. The molecule has 3 aromatic rings. The third-order valence-electron chi connectivity index (χ3n) is 6.65. The number of hydrogen-bond donors (Lipinski definition) is 1. The number of hydrogen-bond acceptors (Lipinski definition) is 4. The summed E-state index contributed by atoms with van der Waals surface area (Å²) in [6.45, 7) is 4.53. The van der Waals surface area contributed by atoms with Crippen LogP contribution in [0.2, 0.25) is 0 Å². The van der Waals surface area contributed by atoms with Crippen molar-refractivity contribution in [2.75, 3.05) is 56.6 Å². The number of carbonyl (C=O) groups is 1. The molecule has 1 aliphatic rings. The average molecular weight is 457 g/mol. The molecule has 0 radical (unpaired) electrons. The van der Waals surface area contributed by atoms with Gasteiger partial charge in [0.25, 0.3) is 0 Å². The van der Waals surface area contributed by atoms with Crippen molar-refractivity contribution in [3.05, 3.63) is 96.1 Å². The Kier molecular flexibility index (Phi) is 8.21. The first-order valence-corrected chi connectivity index (χ1v) is 12.2. The zero-order valence-electron chi connectivity index (χ0n) is 20.4. The maximum atomic E-state index is 12.7. The molecule has 3 aromatic carbocycles. The van der Waals surface area contributed by atoms with Gasteiger partial charge in [-0.3, -0.25) is 9.69 Å². The smallest absolute Gasteiger partial charge is 0.220 e. The Morgan fingerprint density at radius 1 is 0.853 bits per heavy atom. The number of anilines is 2. The van der Waals surface area contributed by atoms with Crippen LogP contribution in [0.15, 0.2) is 84.9 Å². The van der Waals surface area contributed by atoms with Crippen molar-refractivity contribution in [2.24, 2.45) is 0 Å². The summed E-state index contributed by atoms with van der Waals surface area (Å²) in [5, 5.41) is 3.22. The van der Waals surface area contributed by atoms with E-state index in [1.54, 1.807) is 0 Å². The fraction of sp³-hybridized carbons (Fsp3) is 0.345. The minimum Gasteiger partial charge on any atom is -0.378 e. The zero-order valence-corrected chi connectivity index (χ0v) is 20.4. The van der Waals surface area contributed by atoms with Crippen LogP contribution in [-0.4, -0.2) is 57.6 Å². The maximum Gasteiger partial charge on any atom is 0.220 e. The van der Waals surface area contributed by atoms with Crippen LogP contribution >= 0.6 is 0 Å². The molecule has 1 saturated heterocycles. The average Bonchev–Trinajstić information content (AvgIpc) is 2.89. The molecule has 178 valence electrons. The SMILES string of the molecule is CN(C)c1ccc([C@H](CNC(=O)CCc2ccccc2)N2CCN(c3ccccc3)CC2)cc1. The van der Waals surface area contributed by atoms with E-state index in [-0.39, 0.29) is 11.9 Å². The molecule has 0 spiro atoms. The molecule has 5 heteroatoms. The third-order valence-corrected chi connectivity index (χ3v) is 6.65. The molecule has 1 fully saturated rings. The van der Waals surface area contributed by atoms with Gasteiger partial charge in [-0.2, -0.15) is 0 Å². The Bertz CT molecular complexity index is 1010. The molecule has 1 amide bonds. The van der Waals surface area contributed by atoms with E-state index in [9.17, 15) is 4.79 Å². The Morgan fingerprint density at radius 2 is 1.47 bits per heavy atom. The van der Waals surface area contributed by atoms with E-state index in [4.69, 9.17) is 0 Å². The minimum absolute atomic E-state index is 0.113. The number of piperazine rings is 1. The molecular weight excluding hydrogens is 420 g/mol. The second kappa shape index (κ2) is 11.7. The number of aryl methyl sites for hydroxylation is 1. The predicted octanol–water partition coefficient (Wildman–Crippen LogP) is 4.36. The van der Waals surface area contributed by atoms with Crippen LogP contribution in [0.1, 0.15) is 23.6 Å². The monoisotopic (exact) mass is 456 g/mol. The van der Waals surface area contributed by atoms with E-state index in [1.165, 1.54) is 22.5 Å². The van der Waals surface area contributed by atoms with Crippen LogP contribution in [-0.2, 0) is 11.2 Å². The van der Waals surface area contributed by atoms with Gasteiger partial charge in [-0.15, -0.1) is 0 Å². The van der Waals surface area contributed by atoms with Crippen molar-refractivity contribution < 1.29 is 4.79 Å². The van der Waals surface area contributed by atoms with Gasteiger partial charge >= 0.3 is 0 Å². The summed E-state index contributed by atoms with van der Waals surface area (Å²) >= 11 is 0. The molecule has 34 heavy (non-hydrogen) atoms. The first-order chi connectivity index (χ1) is 16.6. The van der Waals surface area contributed by atoms with Crippen LogP contribution in [0, 0.1) is 0 Å². The lowest BCUT2D eigenvalue weighted by atomic mass is 10.0. The van der Waals surface area contributed by atoms with Gasteiger partial charge in [0.1, 0.15) is 0 Å². The summed E-state index contributed by atoms with van der Waals surface area (Å²) in [6.07, 6.45) is 1.28. The summed E-state index contributed by atoms with van der Waals surface area (Å²) in [7, 11) is 4.12. The fourth-order valence-electron chi connectivity index (χ4n) is 4.58. The van der Waals surface area contributed by atoms with E-state index in [0.29, 0.717) is 13.0 Å². The van der Waals surface area contributed by atoms with Gasteiger partial charge in [0.15, 0.2) is 0 Å². The highest BCUT2D eigenvalue weighted by Gasteiger charge is 2.25. The van der Waals surface area contributed by atoms with Crippen LogP contribution < -0.4 is 15.1 Å². The van der Waals surface area contributed by atoms with Crippen LogP contribution in [0.3, 0.4) is 0 Å². The Hall–Kier alpha value is -3.31. The predicted molar refractivity (Wildman–Crippen MR) is 142 cm³/mol. The van der Waals surface area contributed by atoms with Crippen molar-refractivity contribution >= 4 is 17.3 Å². The lowest BCUT2D eigenvalue weighted by Crippen LogP contribution is -2.50. The largest absolute Gasteiger partial charge is 0.378 e. The van der Waals surface area contributed by atoms with Gasteiger partial charge in [0.05, 0.1) is 6.04 Å². The lowest BCUT2D eigenvalue weighted by Gasteiger charge is -2.40. The summed E-state index contributed by atoms with van der Waals surface area (Å²) in [6, 6.07) is 29.7. The van der Waals surface area contributed by atoms with E-state index in [1.807, 2.05) is 18.2 Å². The first-order valence-electron chi connectivity index (χ1n) is 12.2. The summed E-state index contributed by atoms with van der Waals surface area (Å²) < 4.78 is 0. The van der Waals surface area contributed by atoms with Gasteiger partial charge in [0, 0.05) is 64.6 Å². The number of nitrogens with one attached hydrogen (secondary N) is 1. The highest BCUT2D eigenvalue weighted by Crippen LogP contribution is 2.25. The third kappa shape index (κ3) is 6.39. The summed E-state index contributed by atoms with van der Waals surface area (Å²) in [5.41, 5.74) is 4.92. The second-order valence-electron chi connectivity index (χ2n) is 9.15. The number of benzene rings is 3. The van der Waals surface area contributed by atoms with Gasteiger partial charge < -0.3 is 15.1 Å². The Balaban J connectivity index is 1.40. The lowest BCUT2D eigenvalue weighted by molar-refractivity contribution is -0.121.